The van der Waals surface area contributed by atoms with E-state index in [0.29, 0.717) is 6.04 Å². The highest BCUT2D eigenvalue weighted by molar-refractivity contribution is 7.99. The molecule has 1 aromatic carbocycles. The molecule has 0 aliphatic carbocycles. The largest absolute Gasteiger partial charge is 0.313 e. The zero-order chi connectivity index (χ0) is 14.4. The fourth-order valence-electron chi connectivity index (χ4n) is 1.94. The third kappa shape index (κ3) is 5.09. The number of thioether (sulfide) groups is 1. The normalized spacial score (nSPS) is 12.6. The van der Waals surface area contributed by atoms with Crippen LogP contribution in [0.25, 0.3) is 0 Å². The summed E-state index contributed by atoms with van der Waals surface area (Å²) in [5, 5.41) is 7.66. The van der Waals surface area contributed by atoms with Gasteiger partial charge >= 0.3 is 0 Å². The van der Waals surface area contributed by atoms with Crippen molar-refractivity contribution in [1.29, 1.82) is 0 Å². The first-order valence-corrected chi connectivity index (χ1v) is 8.94. The van der Waals surface area contributed by atoms with Crippen molar-refractivity contribution in [2.45, 2.75) is 31.2 Å². The number of hydrogen-bond acceptors (Lipinski definition) is 4. The van der Waals surface area contributed by atoms with Gasteiger partial charge in [-0.25, -0.2) is 4.98 Å². The van der Waals surface area contributed by atoms with Crippen LogP contribution in [0.3, 0.4) is 0 Å². The molecule has 1 N–H and O–H groups in total. The molecule has 0 fully saturated rings. The Morgan fingerprint density at radius 1 is 1.45 bits per heavy atom. The molecule has 1 aromatic heterocycles. The maximum Gasteiger partial charge on any atom is 0.0943 e. The zero-order valence-electron chi connectivity index (χ0n) is 11.7. The van der Waals surface area contributed by atoms with Crippen molar-refractivity contribution >= 4 is 34.7 Å². The number of halogens is 1. The maximum absolute atomic E-state index is 6.02. The van der Waals surface area contributed by atoms with Gasteiger partial charge in [-0.15, -0.1) is 23.1 Å². The van der Waals surface area contributed by atoms with E-state index in [4.69, 9.17) is 11.6 Å². The third-order valence-corrected chi connectivity index (χ3v) is 5.21. The number of hydrogen-bond donors (Lipinski definition) is 1. The first-order valence-electron chi connectivity index (χ1n) is 6.70. The van der Waals surface area contributed by atoms with Crippen molar-refractivity contribution in [3.05, 3.63) is 45.4 Å². The number of nitrogens with one attached hydrogen (secondary N) is 1. The van der Waals surface area contributed by atoms with Crippen molar-refractivity contribution in [2.24, 2.45) is 0 Å². The SMILES string of the molecule is CCNC(CSc1cccc(Cl)c1)Cc1nc(C)cs1. The summed E-state index contributed by atoms with van der Waals surface area (Å²) in [6.45, 7) is 5.16. The average Bonchev–Trinajstić information content (AvgIpc) is 2.82. The van der Waals surface area contributed by atoms with Crippen LogP contribution in [0.1, 0.15) is 17.6 Å². The molecule has 0 saturated heterocycles. The van der Waals surface area contributed by atoms with Gasteiger partial charge in [-0.1, -0.05) is 24.6 Å². The van der Waals surface area contributed by atoms with Gasteiger partial charge in [-0.3, -0.25) is 0 Å². The van der Waals surface area contributed by atoms with Gasteiger partial charge in [0.05, 0.1) is 5.01 Å². The van der Waals surface area contributed by atoms with Crippen LogP contribution in [-0.4, -0.2) is 23.3 Å². The van der Waals surface area contributed by atoms with E-state index in [9.17, 15) is 0 Å². The highest BCUT2D eigenvalue weighted by Crippen LogP contribution is 2.23. The quantitative estimate of drug-likeness (QED) is 0.762. The van der Waals surface area contributed by atoms with Crippen LogP contribution in [0, 0.1) is 6.92 Å². The Labute approximate surface area is 134 Å². The Hall–Kier alpha value is -0.550. The fraction of sp³-hybridized carbons (Fsp3) is 0.400. The minimum absolute atomic E-state index is 0.439. The van der Waals surface area contributed by atoms with E-state index in [1.165, 1.54) is 9.90 Å². The van der Waals surface area contributed by atoms with E-state index < -0.39 is 0 Å². The van der Waals surface area contributed by atoms with E-state index >= 15 is 0 Å². The number of aromatic nitrogens is 1. The van der Waals surface area contributed by atoms with Crippen molar-refractivity contribution < 1.29 is 0 Å². The number of likely N-dealkylation sites (N-methyl/N-ethyl adjacent to an activating group) is 1. The summed E-state index contributed by atoms with van der Waals surface area (Å²) in [4.78, 5) is 5.77. The van der Waals surface area contributed by atoms with Crippen molar-refractivity contribution in [1.82, 2.24) is 10.3 Å². The summed E-state index contributed by atoms with van der Waals surface area (Å²) in [6, 6.07) is 8.47. The molecular formula is C15H19ClN2S2. The Kier molecular flexibility index (Phi) is 6.36. The lowest BCUT2D eigenvalue weighted by Crippen LogP contribution is -2.33. The van der Waals surface area contributed by atoms with Gasteiger partial charge < -0.3 is 5.32 Å². The number of rotatable bonds is 7. The summed E-state index contributed by atoms with van der Waals surface area (Å²) in [5.41, 5.74) is 1.11. The standard InChI is InChI=1S/C15H19ClN2S2/c1-3-17-13(8-15-18-11(2)9-20-15)10-19-14-6-4-5-12(16)7-14/h4-7,9,13,17H,3,8,10H2,1-2H3. The molecule has 2 nitrogen and oxygen atoms in total. The second-order valence-corrected chi connectivity index (χ2v) is 7.08. The molecule has 0 amide bonds. The van der Waals surface area contributed by atoms with Gasteiger partial charge in [0.1, 0.15) is 0 Å². The molecule has 0 saturated carbocycles. The molecule has 0 radical (unpaired) electrons. The molecule has 2 rings (SSSR count). The smallest absolute Gasteiger partial charge is 0.0943 e. The lowest BCUT2D eigenvalue weighted by Gasteiger charge is -2.16. The van der Waals surface area contributed by atoms with Gasteiger partial charge in [0.15, 0.2) is 0 Å². The molecule has 1 atom stereocenters. The first-order chi connectivity index (χ1) is 9.67. The topological polar surface area (TPSA) is 24.9 Å². The fourth-order valence-corrected chi connectivity index (χ4v) is 4.06. The predicted octanol–water partition coefficient (Wildman–Crippen LogP) is 4.42. The lowest BCUT2D eigenvalue weighted by atomic mass is 10.2. The monoisotopic (exact) mass is 326 g/mol. The average molecular weight is 327 g/mol. The first kappa shape index (κ1) is 15.8. The number of aryl methyl sites for hydroxylation is 1. The van der Waals surface area contributed by atoms with Gasteiger partial charge in [0.25, 0.3) is 0 Å². The summed E-state index contributed by atoms with van der Waals surface area (Å²) in [5.74, 6) is 1.02. The van der Waals surface area contributed by atoms with Crippen LogP contribution in [0.2, 0.25) is 5.02 Å². The summed E-state index contributed by atoms with van der Waals surface area (Å²) < 4.78 is 0. The van der Waals surface area contributed by atoms with E-state index in [-0.39, 0.29) is 0 Å². The molecule has 5 heteroatoms. The number of benzene rings is 1. The highest BCUT2D eigenvalue weighted by Gasteiger charge is 2.11. The molecule has 0 aliphatic rings. The van der Waals surface area contributed by atoms with Crippen LogP contribution >= 0.6 is 34.7 Å². The summed E-state index contributed by atoms with van der Waals surface area (Å²) >= 11 is 9.60. The molecule has 1 heterocycles. The minimum Gasteiger partial charge on any atom is -0.313 e. The highest BCUT2D eigenvalue weighted by atomic mass is 35.5. The van der Waals surface area contributed by atoms with Crippen molar-refractivity contribution in [3.8, 4) is 0 Å². The van der Waals surface area contributed by atoms with Crippen LogP contribution in [0.4, 0.5) is 0 Å². The van der Waals surface area contributed by atoms with E-state index in [1.54, 1.807) is 11.3 Å². The molecule has 0 aliphatic heterocycles. The molecule has 1 unspecified atom stereocenters. The second kappa shape index (κ2) is 8.03. The van der Waals surface area contributed by atoms with E-state index in [2.05, 4.69) is 28.7 Å². The molecule has 2 aromatic rings. The molecule has 20 heavy (non-hydrogen) atoms. The van der Waals surface area contributed by atoms with Crippen LogP contribution in [0.5, 0.6) is 0 Å². The molecule has 108 valence electrons. The predicted molar refractivity (Wildman–Crippen MR) is 90.2 cm³/mol. The van der Waals surface area contributed by atoms with Crippen LogP contribution < -0.4 is 5.32 Å². The summed E-state index contributed by atoms with van der Waals surface area (Å²) in [6.07, 6.45) is 0.986. The van der Waals surface area contributed by atoms with Gasteiger partial charge in [-0.2, -0.15) is 0 Å². The third-order valence-electron chi connectivity index (χ3n) is 2.83. The Balaban J connectivity index is 1.91. The van der Waals surface area contributed by atoms with Crippen LogP contribution in [-0.2, 0) is 6.42 Å². The van der Waals surface area contributed by atoms with Crippen molar-refractivity contribution in [3.63, 3.8) is 0 Å². The van der Waals surface area contributed by atoms with Gasteiger partial charge in [0, 0.05) is 39.2 Å². The Bertz CT molecular complexity index is 542. The lowest BCUT2D eigenvalue weighted by molar-refractivity contribution is 0.571. The molecule has 0 bridgehead atoms. The van der Waals surface area contributed by atoms with Gasteiger partial charge in [0.2, 0.25) is 0 Å². The molecular weight excluding hydrogens is 308 g/mol. The second-order valence-electron chi connectivity index (χ2n) is 4.61. The van der Waals surface area contributed by atoms with E-state index in [1.807, 2.05) is 36.9 Å². The van der Waals surface area contributed by atoms with Crippen molar-refractivity contribution in [2.75, 3.05) is 12.3 Å². The number of thiazole rings is 1. The summed E-state index contributed by atoms with van der Waals surface area (Å²) in [7, 11) is 0. The van der Waals surface area contributed by atoms with Gasteiger partial charge in [-0.05, 0) is 31.7 Å². The number of nitrogens with zero attached hydrogens (tertiary/aromatic N) is 1. The Morgan fingerprint density at radius 3 is 2.95 bits per heavy atom. The minimum atomic E-state index is 0.439. The maximum atomic E-state index is 6.02. The molecule has 0 spiro atoms. The van der Waals surface area contributed by atoms with Crippen LogP contribution in [0.15, 0.2) is 34.5 Å². The Morgan fingerprint density at radius 2 is 2.30 bits per heavy atom. The van der Waals surface area contributed by atoms with E-state index in [0.717, 1.165) is 29.4 Å². The zero-order valence-corrected chi connectivity index (χ0v) is 14.1.